The molecule has 0 amide bonds. The molecule has 3 nitrogen and oxygen atoms in total. The summed E-state index contributed by atoms with van der Waals surface area (Å²) in [6, 6.07) is 12.0. The van der Waals surface area contributed by atoms with Crippen LogP contribution >= 0.6 is 0 Å². The summed E-state index contributed by atoms with van der Waals surface area (Å²) in [6.07, 6.45) is 18.4. The van der Waals surface area contributed by atoms with E-state index in [9.17, 15) is 4.79 Å². The monoisotopic (exact) mass is 451 g/mol. The highest BCUT2D eigenvalue weighted by Crippen LogP contribution is 2.29. The molecular weight excluding hydrogens is 406 g/mol. The first-order valence-corrected chi connectivity index (χ1v) is 13.4. The van der Waals surface area contributed by atoms with Gasteiger partial charge >= 0.3 is 5.97 Å². The number of benzene rings is 1. The Bertz CT molecular complexity index is 801. The Kier molecular flexibility index (Phi) is 13.5. The summed E-state index contributed by atoms with van der Waals surface area (Å²) in [5, 5.41) is 0. The van der Waals surface area contributed by atoms with Crippen molar-refractivity contribution in [3.05, 3.63) is 48.2 Å². The summed E-state index contributed by atoms with van der Waals surface area (Å²) in [5.41, 5.74) is 3.08. The van der Waals surface area contributed by atoms with Gasteiger partial charge in [-0.1, -0.05) is 97.1 Å². The third-order valence-electron chi connectivity index (χ3n) is 6.55. The number of esters is 1. The van der Waals surface area contributed by atoms with Gasteiger partial charge in [0.05, 0.1) is 5.69 Å². The van der Waals surface area contributed by atoms with E-state index in [0.29, 0.717) is 12.2 Å². The van der Waals surface area contributed by atoms with Crippen LogP contribution in [-0.2, 0) is 11.2 Å². The fraction of sp³-hybridized carbons (Fsp3) is 0.600. The van der Waals surface area contributed by atoms with Crippen molar-refractivity contribution in [2.75, 3.05) is 0 Å². The molecule has 0 fully saturated rings. The molecule has 1 atom stereocenters. The lowest BCUT2D eigenvalue weighted by atomic mass is 10.0. The molecule has 1 aromatic carbocycles. The van der Waals surface area contributed by atoms with Crippen molar-refractivity contribution in [2.24, 2.45) is 5.92 Å². The molecule has 1 aromatic heterocycles. The number of hydrogen-bond donors (Lipinski definition) is 0. The number of carbonyl (C=O) groups excluding carboxylic acids is 1. The van der Waals surface area contributed by atoms with Gasteiger partial charge in [0.25, 0.3) is 0 Å². The van der Waals surface area contributed by atoms with Gasteiger partial charge in [0.15, 0.2) is 0 Å². The van der Waals surface area contributed by atoms with E-state index in [1.54, 1.807) is 0 Å². The molecule has 182 valence electrons. The Morgan fingerprint density at radius 2 is 1.64 bits per heavy atom. The van der Waals surface area contributed by atoms with Gasteiger partial charge in [-0.2, -0.15) is 0 Å². The number of unbranched alkanes of at least 4 members (excludes halogenated alkanes) is 8. The third kappa shape index (κ3) is 11.0. The highest BCUT2D eigenvalue weighted by Gasteiger charge is 2.12. The summed E-state index contributed by atoms with van der Waals surface area (Å²) < 4.78 is 5.75. The number of ether oxygens (including phenoxy) is 1. The molecule has 0 spiro atoms. The van der Waals surface area contributed by atoms with Crippen LogP contribution in [-0.4, -0.2) is 11.0 Å². The van der Waals surface area contributed by atoms with Gasteiger partial charge in [-0.3, -0.25) is 9.78 Å². The SMILES string of the molecule is CCCCCCCCCCc1ccnc(-c2ccccc2OC(=O)CCCCC(C)CC)c1. The molecule has 2 rings (SSSR count). The molecule has 0 N–H and O–H groups in total. The number of aromatic nitrogens is 1. The minimum Gasteiger partial charge on any atom is -0.426 e. The maximum absolute atomic E-state index is 12.4. The van der Waals surface area contributed by atoms with Crippen LogP contribution in [0.3, 0.4) is 0 Å². The largest absolute Gasteiger partial charge is 0.426 e. The maximum atomic E-state index is 12.4. The molecule has 2 aromatic rings. The van der Waals surface area contributed by atoms with Crippen molar-refractivity contribution in [1.29, 1.82) is 0 Å². The topological polar surface area (TPSA) is 39.2 Å². The number of para-hydroxylation sites is 1. The van der Waals surface area contributed by atoms with Crippen LogP contribution < -0.4 is 4.74 Å². The van der Waals surface area contributed by atoms with Gasteiger partial charge in [-0.15, -0.1) is 0 Å². The normalized spacial score (nSPS) is 12.0. The Hall–Kier alpha value is -2.16. The van der Waals surface area contributed by atoms with Crippen LogP contribution in [0.1, 0.15) is 110 Å². The number of hydrogen-bond acceptors (Lipinski definition) is 3. The second-order valence-electron chi connectivity index (χ2n) is 9.50. The molecule has 0 radical (unpaired) electrons. The van der Waals surface area contributed by atoms with Gasteiger partial charge in [0, 0.05) is 18.2 Å². The summed E-state index contributed by atoms with van der Waals surface area (Å²) in [4.78, 5) is 17.0. The standard InChI is InChI=1S/C30H45NO2/c1-4-6-7-8-9-10-11-12-18-26-22-23-31-28(24-26)27-19-14-15-20-29(27)33-30(32)21-16-13-17-25(3)5-2/h14-15,19-20,22-25H,4-13,16-18,21H2,1-3H3. The van der Waals surface area contributed by atoms with Crippen LogP contribution in [0, 0.1) is 5.92 Å². The first kappa shape index (κ1) is 27.1. The molecule has 0 saturated heterocycles. The molecule has 33 heavy (non-hydrogen) atoms. The highest BCUT2D eigenvalue weighted by molar-refractivity contribution is 5.77. The van der Waals surface area contributed by atoms with Crippen molar-refractivity contribution in [1.82, 2.24) is 4.98 Å². The van der Waals surface area contributed by atoms with Crippen LogP contribution in [0.15, 0.2) is 42.6 Å². The fourth-order valence-corrected chi connectivity index (χ4v) is 4.15. The Balaban J connectivity index is 1.85. The van der Waals surface area contributed by atoms with Crippen LogP contribution in [0.25, 0.3) is 11.3 Å². The van der Waals surface area contributed by atoms with E-state index < -0.39 is 0 Å². The number of carbonyl (C=O) groups is 1. The number of rotatable bonds is 17. The molecule has 0 bridgehead atoms. The highest BCUT2D eigenvalue weighted by atomic mass is 16.5. The van der Waals surface area contributed by atoms with Crippen molar-refractivity contribution in [2.45, 2.75) is 111 Å². The summed E-state index contributed by atoms with van der Waals surface area (Å²) in [6.45, 7) is 6.75. The van der Waals surface area contributed by atoms with E-state index in [1.807, 2.05) is 30.5 Å². The summed E-state index contributed by atoms with van der Waals surface area (Å²) in [7, 11) is 0. The van der Waals surface area contributed by atoms with E-state index >= 15 is 0 Å². The molecular formula is C30H45NO2. The van der Waals surface area contributed by atoms with Crippen LogP contribution in [0.2, 0.25) is 0 Å². The summed E-state index contributed by atoms with van der Waals surface area (Å²) >= 11 is 0. The molecule has 1 heterocycles. The molecule has 0 saturated carbocycles. The van der Waals surface area contributed by atoms with Crippen molar-refractivity contribution in [3.8, 4) is 17.0 Å². The predicted molar refractivity (Wildman–Crippen MR) is 140 cm³/mol. The zero-order chi connectivity index (χ0) is 23.7. The van der Waals surface area contributed by atoms with E-state index in [1.165, 1.54) is 69.8 Å². The van der Waals surface area contributed by atoms with Crippen LogP contribution in [0.4, 0.5) is 0 Å². The zero-order valence-corrected chi connectivity index (χ0v) is 21.3. The zero-order valence-electron chi connectivity index (χ0n) is 21.3. The van der Waals surface area contributed by atoms with Gasteiger partial charge < -0.3 is 4.74 Å². The van der Waals surface area contributed by atoms with Crippen molar-refractivity contribution < 1.29 is 9.53 Å². The molecule has 0 aliphatic rings. The first-order valence-electron chi connectivity index (χ1n) is 13.4. The minimum atomic E-state index is -0.151. The van der Waals surface area contributed by atoms with Crippen LogP contribution in [0.5, 0.6) is 5.75 Å². The van der Waals surface area contributed by atoms with E-state index in [0.717, 1.165) is 36.4 Å². The average Bonchev–Trinajstić information content (AvgIpc) is 2.84. The Morgan fingerprint density at radius 3 is 2.39 bits per heavy atom. The lowest BCUT2D eigenvalue weighted by Crippen LogP contribution is -2.08. The van der Waals surface area contributed by atoms with E-state index in [4.69, 9.17) is 4.74 Å². The second-order valence-corrected chi connectivity index (χ2v) is 9.50. The number of nitrogens with zero attached hydrogens (tertiary/aromatic N) is 1. The molecule has 1 unspecified atom stereocenters. The van der Waals surface area contributed by atoms with Gasteiger partial charge in [-0.25, -0.2) is 0 Å². The molecule has 0 aliphatic heterocycles. The second kappa shape index (κ2) is 16.5. The lowest BCUT2D eigenvalue weighted by molar-refractivity contribution is -0.134. The Labute approximate surface area is 202 Å². The molecule has 0 aliphatic carbocycles. The lowest BCUT2D eigenvalue weighted by Gasteiger charge is -2.11. The smallest absolute Gasteiger partial charge is 0.311 e. The van der Waals surface area contributed by atoms with Crippen molar-refractivity contribution >= 4 is 5.97 Å². The summed E-state index contributed by atoms with van der Waals surface area (Å²) in [5.74, 6) is 1.19. The van der Waals surface area contributed by atoms with Crippen molar-refractivity contribution in [3.63, 3.8) is 0 Å². The third-order valence-corrected chi connectivity index (χ3v) is 6.55. The molecule has 3 heteroatoms. The first-order chi connectivity index (χ1) is 16.1. The minimum absolute atomic E-state index is 0.151. The van der Waals surface area contributed by atoms with Gasteiger partial charge in [-0.05, 0) is 55.0 Å². The van der Waals surface area contributed by atoms with Gasteiger partial charge in [0.1, 0.15) is 5.75 Å². The quantitative estimate of drug-likeness (QED) is 0.137. The average molecular weight is 452 g/mol. The van der Waals surface area contributed by atoms with E-state index in [2.05, 4.69) is 37.9 Å². The predicted octanol–water partition coefficient (Wildman–Crippen LogP) is 8.94. The number of aryl methyl sites for hydroxylation is 1. The van der Waals surface area contributed by atoms with E-state index in [-0.39, 0.29) is 5.97 Å². The number of pyridine rings is 1. The Morgan fingerprint density at radius 1 is 0.909 bits per heavy atom. The maximum Gasteiger partial charge on any atom is 0.311 e. The fourth-order valence-electron chi connectivity index (χ4n) is 4.15. The van der Waals surface area contributed by atoms with Gasteiger partial charge in [0.2, 0.25) is 0 Å².